The van der Waals surface area contributed by atoms with Crippen LogP contribution in [0.25, 0.3) is 0 Å². The van der Waals surface area contributed by atoms with Gasteiger partial charge in [0, 0.05) is 27.6 Å². The Balaban J connectivity index is 2.32. The summed E-state index contributed by atoms with van der Waals surface area (Å²) in [6, 6.07) is 4.83. The van der Waals surface area contributed by atoms with Crippen molar-refractivity contribution in [1.29, 1.82) is 0 Å². The van der Waals surface area contributed by atoms with Crippen molar-refractivity contribution in [3.63, 3.8) is 0 Å². The van der Waals surface area contributed by atoms with Gasteiger partial charge in [0.1, 0.15) is 0 Å². The van der Waals surface area contributed by atoms with Gasteiger partial charge in [-0.1, -0.05) is 12.1 Å². The maximum absolute atomic E-state index is 13.0. The van der Waals surface area contributed by atoms with Gasteiger partial charge in [-0.05, 0) is 17.7 Å². The van der Waals surface area contributed by atoms with Crippen LogP contribution in [-0.2, 0) is 31.2 Å². The van der Waals surface area contributed by atoms with Gasteiger partial charge in [-0.2, -0.15) is 0 Å². The molecule has 1 aromatic rings. The first-order valence-electron chi connectivity index (χ1n) is 7.87. The highest BCUT2D eigenvalue weighted by Gasteiger charge is 2.46. The molecule has 2 atom stereocenters. The zero-order chi connectivity index (χ0) is 19.7. The summed E-state index contributed by atoms with van der Waals surface area (Å²) in [4.78, 5) is 10.9. The van der Waals surface area contributed by atoms with Gasteiger partial charge < -0.3 is 10.4 Å². The van der Waals surface area contributed by atoms with Gasteiger partial charge in [0.25, 0.3) is 10.0 Å². The summed E-state index contributed by atoms with van der Waals surface area (Å²) in [7, 11) is -4.63. The maximum Gasteiger partial charge on any atom is 0.256 e. The number of aliphatic hydroxyl groups is 1. The van der Waals surface area contributed by atoms with Crippen LogP contribution in [0.15, 0.2) is 29.2 Å². The molecule has 26 heavy (non-hydrogen) atoms. The van der Waals surface area contributed by atoms with Crippen molar-refractivity contribution < 1.29 is 26.7 Å². The highest BCUT2D eigenvalue weighted by Crippen LogP contribution is 2.26. The van der Waals surface area contributed by atoms with Crippen molar-refractivity contribution in [3.05, 3.63) is 29.8 Å². The highest BCUT2D eigenvalue weighted by molar-refractivity contribution is 7.92. The van der Waals surface area contributed by atoms with E-state index in [4.69, 9.17) is 0 Å². The van der Waals surface area contributed by atoms with E-state index in [0.29, 0.717) is 0 Å². The Bertz CT molecular complexity index is 865. The Morgan fingerprint density at radius 3 is 2.23 bits per heavy atom. The first kappa shape index (κ1) is 20.8. The molecule has 1 fully saturated rings. The van der Waals surface area contributed by atoms with Gasteiger partial charge >= 0.3 is 0 Å². The molecule has 2 rings (SSSR count). The number of nitrogens with one attached hydrogen (secondary N) is 1. The maximum atomic E-state index is 13.0. The third-order valence-electron chi connectivity index (χ3n) is 3.98. The van der Waals surface area contributed by atoms with Crippen LogP contribution in [0, 0.1) is 0 Å². The quantitative estimate of drug-likeness (QED) is 0.579. The number of benzene rings is 1. The third kappa shape index (κ3) is 4.60. The van der Waals surface area contributed by atoms with Crippen LogP contribution in [0.4, 0.5) is 0 Å². The Morgan fingerprint density at radius 2 is 1.81 bits per heavy atom. The standard InChI is InChI=1S/C15H23N3O6S2/c1-11(19)16-8-12-4-6-13(7-5-12)26(23,24)18(17(2)3)14-9-25(21,22)10-15(14)20/h4-7,14-15,20H,8-10H2,1-3H3,(H,16,19)/t14-,15+/m0/s1. The normalized spacial score (nSPS) is 22.7. The third-order valence-corrected chi connectivity index (χ3v) is 7.64. The lowest BCUT2D eigenvalue weighted by Crippen LogP contribution is -2.53. The van der Waals surface area contributed by atoms with Gasteiger partial charge in [0.2, 0.25) is 5.91 Å². The van der Waals surface area contributed by atoms with E-state index in [9.17, 15) is 26.7 Å². The van der Waals surface area contributed by atoms with E-state index in [1.807, 2.05) is 0 Å². The summed E-state index contributed by atoms with van der Waals surface area (Å²) in [6.45, 7) is 1.65. The minimum atomic E-state index is -4.07. The molecular weight excluding hydrogens is 382 g/mol. The number of nitrogens with zero attached hydrogens (tertiary/aromatic N) is 2. The van der Waals surface area contributed by atoms with Gasteiger partial charge in [-0.15, -0.1) is 4.41 Å². The second-order valence-corrected chi connectivity index (χ2v) is 10.3. The molecule has 1 saturated heterocycles. The fraction of sp³-hybridized carbons (Fsp3) is 0.533. The molecule has 1 amide bonds. The predicted octanol–water partition coefficient (Wildman–Crippen LogP) is -1.05. The second-order valence-electron chi connectivity index (χ2n) is 6.39. The molecule has 1 aromatic carbocycles. The van der Waals surface area contributed by atoms with E-state index in [1.165, 1.54) is 38.2 Å². The Hall–Kier alpha value is -1.53. The van der Waals surface area contributed by atoms with E-state index in [0.717, 1.165) is 9.98 Å². The molecule has 0 saturated carbocycles. The largest absolute Gasteiger partial charge is 0.390 e. The van der Waals surface area contributed by atoms with Crippen molar-refractivity contribution in [3.8, 4) is 0 Å². The number of hydrazine groups is 1. The summed E-state index contributed by atoms with van der Waals surface area (Å²) < 4.78 is 50.5. The number of aliphatic hydroxyl groups excluding tert-OH is 1. The molecule has 1 heterocycles. The Kier molecular flexibility index (Phi) is 6.08. The molecule has 11 heteroatoms. The topological polar surface area (TPSA) is 124 Å². The second kappa shape index (κ2) is 7.61. The number of rotatable bonds is 6. The van der Waals surface area contributed by atoms with Crippen molar-refractivity contribution in [1.82, 2.24) is 14.7 Å². The van der Waals surface area contributed by atoms with Crippen LogP contribution in [0.2, 0.25) is 0 Å². The molecule has 0 spiro atoms. The van der Waals surface area contributed by atoms with E-state index >= 15 is 0 Å². The lowest BCUT2D eigenvalue weighted by molar-refractivity contribution is -0.119. The molecule has 0 aliphatic carbocycles. The molecule has 0 radical (unpaired) electrons. The summed E-state index contributed by atoms with van der Waals surface area (Å²) in [5.74, 6) is -1.10. The van der Waals surface area contributed by atoms with Crippen LogP contribution < -0.4 is 5.32 Å². The Labute approximate surface area is 153 Å². The molecule has 9 nitrogen and oxygen atoms in total. The number of hydrogen-bond acceptors (Lipinski definition) is 7. The van der Waals surface area contributed by atoms with Crippen molar-refractivity contribution >= 4 is 25.8 Å². The first-order chi connectivity index (χ1) is 11.9. The lowest BCUT2D eigenvalue weighted by atomic mass is 10.2. The fourth-order valence-electron chi connectivity index (χ4n) is 2.83. The van der Waals surface area contributed by atoms with Crippen molar-refractivity contribution in [2.24, 2.45) is 0 Å². The molecule has 1 aliphatic heterocycles. The van der Waals surface area contributed by atoms with E-state index in [2.05, 4.69) is 5.32 Å². The van der Waals surface area contributed by atoms with Crippen LogP contribution in [0.1, 0.15) is 12.5 Å². The fourth-order valence-corrected chi connectivity index (χ4v) is 6.38. The molecule has 1 aliphatic rings. The summed E-state index contributed by atoms with van der Waals surface area (Å²) in [5, 5.41) is 13.9. The van der Waals surface area contributed by atoms with Gasteiger partial charge in [-0.25, -0.2) is 21.8 Å². The smallest absolute Gasteiger partial charge is 0.256 e. The number of carbonyl (C=O) groups is 1. The number of sulfone groups is 1. The monoisotopic (exact) mass is 405 g/mol. The Morgan fingerprint density at radius 1 is 1.23 bits per heavy atom. The predicted molar refractivity (Wildman–Crippen MR) is 95.1 cm³/mol. The minimum Gasteiger partial charge on any atom is -0.390 e. The summed E-state index contributed by atoms with van der Waals surface area (Å²) >= 11 is 0. The molecular formula is C15H23N3O6S2. The molecule has 2 N–H and O–H groups in total. The van der Waals surface area contributed by atoms with Crippen LogP contribution in [0.5, 0.6) is 0 Å². The van der Waals surface area contributed by atoms with E-state index in [1.54, 1.807) is 12.1 Å². The number of carbonyl (C=O) groups excluding carboxylic acids is 1. The van der Waals surface area contributed by atoms with Crippen molar-refractivity contribution in [2.45, 2.75) is 30.5 Å². The number of amides is 1. The molecule has 146 valence electrons. The lowest BCUT2D eigenvalue weighted by Gasteiger charge is -2.34. The van der Waals surface area contributed by atoms with Gasteiger partial charge in [0.05, 0.1) is 28.5 Å². The van der Waals surface area contributed by atoms with Crippen LogP contribution >= 0.6 is 0 Å². The van der Waals surface area contributed by atoms with Crippen LogP contribution in [0.3, 0.4) is 0 Å². The average Bonchev–Trinajstić information content (AvgIpc) is 2.77. The SMILES string of the molecule is CC(=O)NCc1ccc(S(=O)(=O)N([C@H]2CS(=O)(=O)C[C@H]2O)N(C)C)cc1. The minimum absolute atomic E-state index is 0.0331. The van der Waals surface area contributed by atoms with Crippen LogP contribution in [-0.4, -0.2) is 75.0 Å². The molecule has 0 bridgehead atoms. The summed E-state index contributed by atoms with van der Waals surface area (Å²) in [6.07, 6.45) is -1.30. The molecule has 0 aromatic heterocycles. The average molecular weight is 405 g/mol. The zero-order valence-corrected chi connectivity index (χ0v) is 16.4. The van der Waals surface area contributed by atoms with Gasteiger partial charge in [-0.3, -0.25) is 4.79 Å². The zero-order valence-electron chi connectivity index (χ0n) is 14.8. The molecule has 0 unspecified atom stereocenters. The van der Waals surface area contributed by atoms with E-state index < -0.39 is 43.5 Å². The van der Waals surface area contributed by atoms with Crippen molar-refractivity contribution in [2.75, 3.05) is 25.6 Å². The van der Waals surface area contributed by atoms with E-state index in [-0.39, 0.29) is 17.3 Å². The number of sulfonamides is 1. The first-order valence-corrected chi connectivity index (χ1v) is 11.1. The summed E-state index contributed by atoms with van der Waals surface area (Å²) in [5.41, 5.74) is 0.721. The highest BCUT2D eigenvalue weighted by atomic mass is 32.2. The van der Waals surface area contributed by atoms with Gasteiger partial charge in [0.15, 0.2) is 9.84 Å². The number of hydrogen-bond donors (Lipinski definition) is 2.